The molecule has 0 atom stereocenters. The molecule has 1 aromatic rings. The summed E-state index contributed by atoms with van der Waals surface area (Å²) >= 11 is 1.59. The number of nitrogens with one attached hydrogen (secondary N) is 2. The second kappa shape index (κ2) is 9.83. The maximum atomic E-state index is 11.7. The first-order chi connectivity index (χ1) is 9.61. The number of carbonyl (C=O) groups excluding carboxylic acids is 1. The lowest BCUT2D eigenvalue weighted by atomic mass is 10.1. The molecule has 1 aromatic carbocycles. The van der Waals surface area contributed by atoms with Gasteiger partial charge in [-0.1, -0.05) is 32.9 Å². The Hall–Kier alpha value is -1.00. The minimum atomic E-state index is 0.118. The van der Waals surface area contributed by atoms with Crippen LogP contribution in [-0.2, 0) is 11.3 Å². The summed E-state index contributed by atoms with van der Waals surface area (Å²) in [5.74, 6) is 1.24. The van der Waals surface area contributed by atoms with Crippen molar-refractivity contribution in [3.63, 3.8) is 0 Å². The zero-order chi connectivity index (χ0) is 14.8. The van der Waals surface area contributed by atoms with Crippen LogP contribution in [0.2, 0.25) is 0 Å². The highest BCUT2D eigenvalue weighted by Crippen LogP contribution is 2.18. The van der Waals surface area contributed by atoms with Crippen molar-refractivity contribution in [2.75, 3.05) is 18.8 Å². The van der Waals surface area contributed by atoms with Crippen molar-refractivity contribution >= 4 is 17.7 Å². The van der Waals surface area contributed by atoms with Gasteiger partial charge in [0, 0.05) is 18.0 Å². The second-order valence-electron chi connectivity index (χ2n) is 5.25. The standard InChI is InChI=1S/C16H26N2OS/c1-4-17-11-14-5-7-15(8-6-14)20-12-16(19)18-10-9-13(2)3/h5-8,13,17H,4,9-12H2,1-3H3,(H,18,19). The summed E-state index contributed by atoms with van der Waals surface area (Å²) in [4.78, 5) is 12.8. The first-order valence-electron chi connectivity index (χ1n) is 7.31. The largest absolute Gasteiger partial charge is 0.355 e. The Bertz CT molecular complexity index is 390. The van der Waals surface area contributed by atoms with E-state index in [0.29, 0.717) is 11.7 Å². The van der Waals surface area contributed by atoms with Gasteiger partial charge in [-0.05, 0) is 36.6 Å². The van der Waals surface area contributed by atoms with Crippen molar-refractivity contribution in [3.05, 3.63) is 29.8 Å². The van der Waals surface area contributed by atoms with Crippen molar-refractivity contribution < 1.29 is 4.79 Å². The maximum Gasteiger partial charge on any atom is 0.230 e. The van der Waals surface area contributed by atoms with E-state index in [0.717, 1.165) is 31.0 Å². The summed E-state index contributed by atoms with van der Waals surface area (Å²) in [7, 11) is 0. The zero-order valence-corrected chi connectivity index (χ0v) is 13.6. The van der Waals surface area contributed by atoms with Crippen molar-refractivity contribution in [1.82, 2.24) is 10.6 Å². The van der Waals surface area contributed by atoms with Crippen LogP contribution in [0.3, 0.4) is 0 Å². The minimum absolute atomic E-state index is 0.118. The van der Waals surface area contributed by atoms with E-state index < -0.39 is 0 Å². The Balaban J connectivity index is 2.25. The summed E-state index contributed by atoms with van der Waals surface area (Å²) in [5.41, 5.74) is 1.28. The predicted molar refractivity (Wildman–Crippen MR) is 87.0 cm³/mol. The molecule has 0 radical (unpaired) electrons. The van der Waals surface area contributed by atoms with Gasteiger partial charge in [-0.3, -0.25) is 4.79 Å². The zero-order valence-electron chi connectivity index (χ0n) is 12.7. The molecule has 0 saturated carbocycles. The van der Waals surface area contributed by atoms with E-state index >= 15 is 0 Å². The quantitative estimate of drug-likeness (QED) is 0.688. The molecule has 0 bridgehead atoms. The van der Waals surface area contributed by atoms with Gasteiger partial charge in [0.15, 0.2) is 0 Å². The molecule has 0 aliphatic rings. The molecule has 1 rings (SSSR count). The molecule has 0 aromatic heterocycles. The molecule has 2 N–H and O–H groups in total. The van der Waals surface area contributed by atoms with Crippen LogP contribution in [0.15, 0.2) is 29.2 Å². The van der Waals surface area contributed by atoms with Crippen LogP contribution in [0.4, 0.5) is 0 Å². The first kappa shape index (κ1) is 17.1. The van der Waals surface area contributed by atoms with Gasteiger partial charge in [-0.15, -0.1) is 11.8 Å². The second-order valence-corrected chi connectivity index (χ2v) is 6.29. The predicted octanol–water partition coefficient (Wildman–Crippen LogP) is 3.05. The molecule has 0 spiro atoms. The molecule has 0 saturated heterocycles. The number of hydrogen-bond acceptors (Lipinski definition) is 3. The minimum Gasteiger partial charge on any atom is -0.355 e. The fourth-order valence-corrected chi connectivity index (χ4v) is 2.40. The molecule has 20 heavy (non-hydrogen) atoms. The fraction of sp³-hybridized carbons (Fsp3) is 0.562. The number of hydrogen-bond donors (Lipinski definition) is 2. The third kappa shape index (κ3) is 7.56. The van der Waals surface area contributed by atoms with Crippen molar-refractivity contribution in [2.45, 2.75) is 38.6 Å². The lowest BCUT2D eigenvalue weighted by molar-refractivity contribution is -0.118. The number of amides is 1. The van der Waals surface area contributed by atoms with E-state index in [1.807, 2.05) is 0 Å². The van der Waals surface area contributed by atoms with Crippen molar-refractivity contribution in [3.8, 4) is 0 Å². The fourth-order valence-electron chi connectivity index (χ4n) is 1.67. The topological polar surface area (TPSA) is 41.1 Å². The normalized spacial score (nSPS) is 10.8. The van der Waals surface area contributed by atoms with Crippen LogP contribution in [0.25, 0.3) is 0 Å². The molecule has 0 unspecified atom stereocenters. The SMILES string of the molecule is CCNCc1ccc(SCC(=O)NCCC(C)C)cc1. The number of thioether (sulfide) groups is 1. The first-order valence-corrected chi connectivity index (χ1v) is 8.29. The molecule has 4 heteroatoms. The van der Waals surface area contributed by atoms with Gasteiger partial charge in [0.2, 0.25) is 5.91 Å². The van der Waals surface area contributed by atoms with Gasteiger partial charge < -0.3 is 10.6 Å². The van der Waals surface area contributed by atoms with Crippen LogP contribution >= 0.6 is 11.8 Å². The van der Waals surface area contributed by atoms with Gasteiger partial charge in [0.05, 0.1) is 5.75 Å². The van der Waals surface area contributed by atoms with Crippen LogP contribution in [0, 0.1) is 5.92 Å². The van der Waals surface area contributed by atoms with E-state index in [1.165, 1.54) is 5.56 Å². The van der Waals surface area contributed by atoms with Crippen LogP contribution in [0.1, 0.15) is 32.8 Å². The molecule has 1 amide bonds. The summed E-state index contributed by atoms with van der Waals surface area (Å²) in [6, 6.07) is 8.39. The highest BCUT2D eigenvalue weighted by molar-refractivity contribution is 8.00. The molecular weight excluding hydrogens is 268 g/mol. The van der Waals surface area contributed by atoms with Crippen LogP contribution in [-0.4, -0.2) is 24.7 Å². The Labute approximate surface area is 126 Å². The smallest absolute Gasteiger partial charge is 0.230 e. The summed E-state index contributed by atoms with van der Waals surface area (Å²) in [6.45, 7) is 9.08. The van der Waals surface area contributed by atoms with E-state index in [-0.39, 0.29) is 5.91 Å². The summed E-state index contributed by atoms with van der Waals surface area (Å²) < 4.78 is 0. The lowest BCUT2D eigenvalue weighted by Crippen LogP contribution is -2.26. The highest BCUT2D eigenvalue weighted by Gasteiger charge is 2.03. The van der Waals surface area contributed by atoms with Gasteiger partial charge in [-0.25, -0.2) is 0 Å². The highest BCUT2D eigenvalue weighted by atomic mass is 32.2. The van der Waals surface area contributed by atoms with Gasteiger partial charge >= 0.3 is 0 Å². The Morgan fingerprint density at radius 2 is 1.95 bits per heavy atom. The monoisotopic (exact) mass is 294 g/mol. The van der Waals surface area contributed by atoms with Crippen LogP contribution in [0.5, 0.6) is 0 Å². The molecular formula is C16H26N2OS. The maximum absolute atomic E-state index is 11.7. The van der Waals surface area contributed by atoms with Gasteiger partial charge in [-0.2, -0.15) is 0 Å². The third-order valence-corrected chi connectivity index (χ3v) is 3.93. The summed E-state index contributed by atoms with van der Waals surface area (Å²) in [5, 5.41) is 6.25. The van der Waals surface area contributed by atoms with E-state index in [2.05, 4.69) is 55.7 Å². The molecule has 0 heterocycles. The molecule has 0 fully saturated rings. The molecule has 0 aliphatic heterocycles. The average molecular weight is 294 g/mol. The Morgan fingerprint density at radius 3 is 2.55 bits per heavy atom. The van der Waals surface area contributed by atoms with Crippen LogP contribution < -0.4 is 10.6 Å². The average Bonchev–Trinajstić information content (AvgIpc) is 2.43. The van der Waals surface area contributed by atoms with Crippen molar-refractivity contribution in [1.29, 1.82) is 0 Å². The van der Waals surface area contributed by atoms with Gasteiger partial charge in [0.1, 0.15) is 0 Å². The molecule has 3 nitrogen and oxygen atoms in total. The van der Waals surface area contributed by atoms with Crippen molar-refractivity contribution in [2.24, 2.45) is 5.92 Å². The Morgan fingerprint density at radius 1 is 1.25 bits per heavy atom. The lowest BCUT2D eigenvalue weighted by Gasteiger charge is -2.07. The summed E-state index contributed by atoms with van der Waals surface area (Å²) in [6.07, 6.45) is 1.04. The van der Waals surface area contributed by atoms with E-state index in [9.17, 15) is 4.79 Å². The van der Waals surface area contributed by atoms with E-state index in [4.69, 9.17) is 0 Å². The third-order valence-electron chi connectivity index (χ3n) is 2.92. The Kier molecular flexibility index (Phi) is 8.38. The van der Waals surface area contributed by atoms with E-state index in [1.54, 1.807) is 11.8 Å². The molecule has 0 aliphatic carbocycles. The number of benzene rings is 1. The number of rotatable bonds is 9. The molecule has 112 valence electrons. The van der Waals surface area contributed by atoms with Gasteiger partial charge in [0.25, 0.3) is 0 Å². The number of carbonyl (C=O) groups is 1.